The van der Waals surface area contributed by atoms with Gasteiger partial charge in [0.05, 0.1) is 6.20 Å². The van der Waals surface area contributed by atoms with E-state index in [1.807, 2.05) is 12.1 Å². The molecular formula is C10H9N3O2. The smallest absolute Gasteiger partial charge is 0.353 e. The normalized spacial score (nSPS) is 10.1. The number of carboxylic acid groups (broad SMARTS) is 1. The van der Waals surface area contributed by atoms with E-state index in [1.165, 1.54) is 6.20 Å². The Hall–Kier alpha value is -2.17. The molecule has 0 aliphatic rings. The van der Waals surface area contributed by atoms with Crippen molar-refractivity contribution in [2.75, 3.05) is 0 Å². The summed E-state index contributed by atoms with van der Waals surface area (Å²) in [7, 11) is 0. The Morgan fingerprint density at radius 1 is 1.40 bits per heavy atom. The molecule has 2 aromatic heterocycles. The van der Waals surface area contributed by atoms with Crippen LogP contribution < -0.4 is 0 Å². The van der Waals surface area contributed by atoms with Crippen molar-refractivity contribution in [3.8, 4) is 0 Å². The number of nitrogens with zero attached hydrogens (tertiary/aromatic N) is 2. The molecule has 0 saturated heterocycles. The predicted molar refractivity (Wildman–Crippen MR) is 52.6 cm³/mol. The number of pyridine rings is 1. The fourth-order valence-electron chi connectivity index (χ4n) is 1.25. The van der Waals surface area contributed by atoms with Gasteiger partial charge in [0.1, 0.15) is 11.5 Å². The Bertz CT molecular complexity index is 465. The van der Waals surface area contributed by atoms with Crippen molar-refractivity contribution in [2.45, 2.75) is 6.42 Å². The van der Waals surface area contributed by atoms with E-state index in [9.17, 15) is 4.79 Å². The Kier molecular flexibility index (Phi) is 2.45. The van der Waals surface area contributed by atoms with Crippen molar-refractivity contribution < 1.29 is 9.90 Å². The lowest BCUT2D eigenvalue weighted by molar-refractivity contribution is 0.0691. The first-order valence-corrected chi connectivity index (χ1v) is 4.42. The Morgan fingerprint density at radius 3 is 2.73 bits per heavy atom. The third kappa shape index (κ3) is 2.19. The Balaban J connectivity index is 2.15. The minimum absolute atomic E-state index is 0.110. The Morgan fingerprint density at radius 2 is 2.13 bits per heavy atom. The van der Waals surface area contributed by atoms with Crippen molar-refractivity contribution in [3.05, 3.63) is 47.8 Å². The van der Waals surface area contributed by atoms with Gasteiger partial charge in [-0.2, -0.15) is 0 Å². The summed E-state index contributed by atoms with van der Waals surface area (Å²) in [4.78, 5) is 21.2. The number of hydrogen-bond donors (Lipinski definition) is 2. The number of aromatic carboxylic acids is 1. The lowest BCUT2D eigenvalue weighted by atomic mass is 10.2. The van der Waals surface area contributed by atoms with Crippen LogP contribution in [-0.2, 0) is 6.42 Å². The molecule has 5 nitrogen and oxygen atoms in total. The minimum atomic E-state index is -0.997. The van der Waals surface area contributed by atoms with Gasteiger partial charge in [0, 0.05) is 18.8 Å². The monoisotopic (exact) mass is 203 g/mol. The minimum Gasteiger partial charge on any atom is -0.477 e. The van der Waals surface area contributed by atoms with Crippen molar-refractivity contribution in [2.24, 2.45) is 0 Å². The number of nitrogens with one attached hydrogen (secondary N) is 1. The van der Waals surface area contributed by atoms with E-state index in [1.54, 1.807) is 12.4 Å². The van der Waals surface area contributed by atoms with Gasteiger partial charge in [0.2, 0.25) is 0 Å². The zero-order valence-corrected chi connectivity index (χ0v) is 7.84. The maximum Gasteiger partial charge on any atom is 0.353 e. The van der Waals surface area contributed by atoms with Crippen LogP contribution in [0.5, 0.6) is 0 Å². The van der Waals surface area contributed by atoms with Crippen LogP contribution in [0.25, 0.3) is 0 Å². The van der Waals surface area contributed by atoms with Gasteiger partial charge < -0.3 is 10.1 Å². The molecular weight excluding hydrogens is 194 g/mol. The van der Waals surface area contributed by atoms with Gasteiger partial charge in [-0.15, -0.1) is 0 Å². The standard InChI is InChI=1S/C10H9N3O2/c14-10(15)8-6-12-9(13-8)5-7-1-3-11-4-2-7/h1-4,6H,5H2,(H,12,13)(H,14,15). The van der Waals surface area contributed by atoms with Crippen LogP contribution in [0.4, 0.5) is 0 Å². The summed E-state index contributed by atoms with van der Waals surface area (Å²) in [5, 5.41) is 8.68. The van der Waals surface area contributed by atoms with Crippen LogP contribution in [0, 0.1) is 0 Å². The number of carboxylic acids is 1. The third-order valence-corrected chi connectivity index (χ3v) is 1.98. The van der Waals surface area contributed by atoms with Crippen LogP contribution >= 0.6 is 0 Å². The second-order valence-electron chi connectivity index (χ2n) is 3.08. The van der Waals surface area contributed by atoms with Crippen LogP contribution in [0.2, 0.25) is 0 Å². The molecule has 0 saturated carbocycles. The fourth-order valence-corrected chi connectivity index (χ4v) is 1.25. The summed E-state index contributed by atoms with van der Waals surface area (Å²) in [5.41, 5.74) is 1.15. The fraction of sp³-hybridized carbons (Fsp3) is 0.100. The highest BCUT2D eigenvalue weighted by molar-refractivity contribution is 5.85. The summed E-state index contributed by atoms with van der Waals surface area (Å²) in [6, 6.07) is 3.73. The first kappa shape index (κ1) is 9.39. The first-order chi connectivity index (χ1) is 7.25. The molecule has 0 atom stereocenters. The highest BCUT2D eigenvalue weighted by Crippen LogP contribution is 2.05. The molecule has 2 heterocycles. The van der Waals surface area contributed by atoms with E-state index in [-0.39, 0.29) is 5.69 Å². The quantitative estimate of drug-likeness (QED) is 0.782. The molecule has 0 spiro atoms. The van der Waals surface area contributed by atoms with E-state index in [4.69, 9.17) is 5.11 Å². The van der Waals surface area contributed by atoms with Gasteiger partial charge in [0.25, 0.3) is 0 Å². The number of H-pyrrole nitrogens is 1. The van der Waals surface area contributed by atoms with Gasteiger partial charge in [0.15, 0.2) is 0 Å². The number of aromatic nitrogens is 3. The highest BCUT2D eigenvalue weighted by atomic mass is 16.4. The summed E-state index contributed by atoms with van der Waals surface area (Å²) >= 11 is 0. The van der Waals surface area contributed by atoms with Gasteiger partial charge in [-0.05, 0) is 17.7 Å². The molecule has 2 rings (SSSR count). The summed E-state index contributed by atoms with van der Waals surface area (Å²) < 4.78 is 0. The lowest BCUT2D eigenvalue weighted by Gasteiger charge is -1.96. The van der Waals surface area contributed by atoms with E-state index in [0.29, 0.717) is 12.2 Å². The second kappa shape index (κ2) is 3.91. The molecule has 0 bridgehead atoms. The number of aromatic amines is 1. The molecule has 0 aromatic carbocycles. The van der Waals surface area contributed by atoms with Crippen LogP contribution in [0.15, 0.2) is 30.7 Å². The van der Waals surface area contributed by atoms with Crippen LogP contribution in [-0.4, -0.2) is 26.0 Å². The molecule has 0 unspecified atom stereocenters. The lowest BCUT2D eigenvalue weighted by Crippen LogP contribution is -1.97. The Labute approximate surface area is 85.8 Å². The maximum atomic E-state index is 10.6. The molecule has 2 N–H and O–H groups in total. The molecule has 0 aliphatic heterocycles. The zero-order chi connectivity index (χ0) is 10.7. The van der Waals surface area contributed by atoms with E-state index in [0.717, 1.165) is 5.56 Å². The number of carbonyl (C=O) groups is 1. The van der Waals surface area contributed by atoms with Crippen molar-refractivity contribution in [1.29, 1.82) is 0 Å². The molecule has 5 heteroatoms. The third-order valence-electron chi connectivity index (χ3n) is 1.98. The van der Waals surface area contributed by atoms with Crippen molar-refractivity contribution in [3.63, 3.8) is 0 Å². The van der Waals surface area contributed by atoms with Gasteiger partial charge in [-0.3, -0.25) is 4.98 Å². The molecule has 0 aliphatic carbocycles. The molecule has 2 aromatic rings. The average molecular weight is 203 g/mol. The number of rotatable bonds is 3. The van der Waals surface area contributed by atoms with Gasteiger partial charge in [-0.1, -0.05) is 0 Å². The largest absolute Gasteiger partial charge is 0.477 e. The molecule has 76 valence electrons. The van der Waals surface area contributed by atoms with Crippen molar-refractivity contribution in [1.82, 2.24) is 15.0 Å². The molecule has 0 fully saturated rings. The summed E-state index contributed by atoms with van der Waals surface area (Å²) in [6.07, 6.45) is 5.28. The first-order valence-electron chi connectivity index (χ1n) is 4.42. The van der Waals surface area contributed by atoms with Crippen LogP contribution in [0.3, 0.4) is 0 Å². The SMILES string of the molecule is O=C(O)c1cnc(Cc2ccncc2)[nH]1. The van der Waals surface area contributed by atoms with Gasteiger partial charge in [-0.25, -0.2) is 9.78 Å². The topological polar surface area (TPSA) is 78.9 Å². The predicted octanol–water partition coefficient (Wildman–Crippen LogP) is 1.09. The van der Waals surface area contributed by atoms with Crippen LogP contribution in [0.1, 0.15) is 21.9 Å². The van der Waals surface area contributed by atoms with Gasteiger partial charge >= 0.3 is 5.97 Å². The number of imidazole rings is 1. The van der Waals surface area contributed by atoms with Crippen molar-refractivity contribution >= 4 is 5.97 Å². The second-order valence-corrected chi connectivity index (χ2v) is 3.08. The highest BCUT2D eigenvalue weighted by Gasteiger charge is 2.07. The molecule has 0 amide bonds. The molecule has 15 heavy (non-hydrogen) atoms. The summed E-state index contributed by atoms with van der Waals surface area (Å²) in [6.45, 7) is 0. The average Bonchev–Trinajstić information content (AvgIpc) is 2.68. The van der Waals surface area contributed by atoms with E-state index in [2.05, 4.69) is 15.0 Å². The van der Waals surface area contributed by atoms with E-state index < -0.39 is 5.97 Å². The molecule has 0 radical (unpaired) electrons. The van der Waals surface area contributed by atoms with E-state index >= 15 is 0 Å². The zero-order valence-electron chi connectivity index (χ0n) is 7.84. The summed E-state index contributed by atoms with van der Waals surface area (Å²) in [5.74, 6) is -0.359. The maximum absolute atomic E-state index is 10.6. The number of hydrogen-bond acceptors (Lipinski definition) is 3.